The van der Waals surface area contributed by atoms with E-state index in [1.807, 2.05) is 0 Å². The molecule has 0 nitrogen and oxygen atoms in total. The highest BCUT2D eigenvalue weighted by molar-refractivity contribution is 5.03. The van der Waals surface area contributed by atoms with E-state index in [2.05, 4.69) is 173 Å². The van der Waals surface area contributed by atoms with Crippen molar-refractivity contribution in [3.8, 4) is 0 Å². The Morgan fingerprint density at radius 2 is 0.474 bits per heavy atom. The van der Waals surface area contributed by atoms with Crippen LogP contribution in [0.3, 0.4) is 0 Å². The number of fused-ring (bicyclic) bond motifs is 4. The largest absolute Gasteiger partial charge is 0.0622 e. The summed E-state index contributed by atoms with van der Waals surface area (Å²) >= 11 is 0. The van der Waals surface area contributed by atoms with Gasteiger partial charge in [-0.1, -0.05) is 237 Å². The minimum absolute atomic E-state index is 0.506. The van der Waals surface area contributed by atoms with Crippen molar-refractivity contribution in [2.75, 3.05) is 0 Å². The quantitative estimate of drug-likeness (QED) is 0.259. The fourth-order valence-corrected chi connectivity index (χ4v) is 24.9. The van der Waals surface area contributed by atoms with Gasteiger partial charge < -0.3 is 0 Å². The molecular formula is C78H146. The van der Waals surface area contributed by atoms with Crippen LogP contribution in [0.15, 0.2) is 0 Å². The number of hydrogen-bond donors (Lipinski definition) is 0. The third kappa shape index (κ3) is 15.7. The fourth-order valence-electron chi connectivity index (χ4n) is 24.9. The highest BCUT2D eigenvalue weighted by Crippen LogP contribution is 2.61. The van der Waals surface area contributed by atoms with Gasteiger partial charge in [0, 0.05) is 0 Å². The van der Waals surface area contributed by atoms with Crippen molar-refractivity contribution < 1.29 is 0 Å². The summed E-state index contributed by atoms with van der Waals surface area (Å²) in [5.74, 6) is 22.8. The van der Waals surface area contributed by atoms with Gasteiger partial charge in [0.15, 0.2) is 0 Å². The van der Waals surface area contributed by atoms with Crippen LogP contribution in [0.25, 0.3) is 0 Å². The van der Waals surface area contributed by atoms with E-state index in [-0.39, 0.29) is 0 Å². The second-order valence-corrected chi connectivity index (χ2v) is 37.8. The first-order chi connectivity index (χ1) is 36.0. The van der Waals surface area contributed by atoms with Crippen molar-refractivity contribution in [1.82, 2.24) is 0 Å². The Balaban J connectivity index is 0.000000164. The zero-order valence-corrected chi connectivity index (χ0v) is 58.2. The molecule has 0 aliphatic heterocycles. The lowest BCUT2D eigenvalue weighted by Crippen LogP contribution is -2.49. The topological polar surface area (TPSA) is 0 Å². The van der Waals surface area contributed by atoms with Crippen LogP contribution >= 0.6 is 0 Å². The van der Waals surface area contributed by atoms with Gasteiger partial charge in [-0.3, -0.25) is 0 Å². The molecule has 0 radical (unpaired) electrons. The molecule has 78 heavy (non-hydrogen) atoms. The number of hydrogen-bond acceptors (Lipinski definition) is 0. The maximum absolute atomic E-state index is 2.66. The van der Waals surface area contributed by atoms with Gasteiger partial charge in [0.25, 0.3) is 0 Å². The summed E-state index contributed by atoms with van der Waals surface area (Å²) in [5.41, 5.74) is 3.15. The lowest BCUT2D eigenvalue weighted by atomic mass is 9.49. The lowest BCUT2D eigenvalue weighted by Gasteiger charge is -2.56. The van der Waals surface area contributed by atoms with E-state index < -0.39 is 0 Å². The van der Waals surface area contributed by atoms with Crippen LogP contribution in [0.4, 0.5) is 0 Å². The molecule has 10 saturated carbocycles. The minimum atomic E-state index is 0.506. The molecule has 0 heterocycles. The first-order valence-electron chi connectivity index (χ1n) is 36.0. The molecule has 458 valence electrons. The van der Waals surface area contributed by atoms with Crippen molar-refractivity contribution in [1.29, 1.82) is 0 Å². The molecule has 0 aromatic carbocycles. The Bertz CT molecular complexity index is 1700. The van der Waals surface area contributed by atoms with Gasteiger partial charge in [-0.2, -0.15) is 0 Å². The van der Waals surface area contributed by atoms with Crippen molar-refractivity contribution in [2.24, 2.45) is 169 Å². The summed E-state index contributed by atoms with van der Waals surface area (Å²) in [6, 6.07) is 0. The average Bonchev–Trinajstić information content (AvgIpc) is 4.23. The van der Waals surface area contributed by atoms with Crippen LogP contribution in [0.1, 0.15) is 327 Å². The highest BCUT2D eigenvalue weighted by atomic mass is 14.6. The van der Waals surface area contributed by atoms with E-state index in [9.17, 15) is 0 Å². The maximum Gasteiger partial charge on any atom is -0.0292 e. The standard InChI is InChI=1S/C25H46.2C15H28.C14H26.C9H18/c1-17-16-19-10-8-9-11-22(19)18(2)23(17)25(6,7)21-14-12-20(13-15-21)24(3,4)5;1-10-9-12-7-6-8-13(12)11(2)14(10)15(3,4)5;1-10-12-8-6-7-9-13(12)11(2)14(10)15(3,4)5;1-9-11-7-6-8-12(11)10(2)13(9)14(3,4)5;1-9(2,3)8-6-4-5-7-8/h17-23H,8-16H2,1-7H3;2*10-14H,6-9H2,1-5H3;9-13H,6-8H2,1-5H3;8H,4-7H2,1-3H3. The van der Waals surface area contributed by atoms with E-state index in [4.69, 9.17) is 0 Å². The second-order valence-electron chi connectivity index (χ2n) is 37.8. The van der Waals surface area contributed by atoms with Gasteiger partial charge in [0.1, 0.15) is 0 Å². The Hall–Kier alpha value is 0. The van der Waals surface area contributed by atoms with Crippen LogP contribution in [-0.2, 0) is 0 Å². The van der Waals surface area contributed by atoms with Crippen LogP contribution in [0.2, 0.25) is 0 Å². The van der Waals surface area contributed by atoms with Gasteiger partial charge in [-0.15, -0.1) is 0 Å². The predicted molar refractivity (Wildman–Crippen MR) is 348 cm³/mol. The molecular weight excluding hydrogens is 937 g/mol. The van der Waals surface area contributed by atoms with Crippen molar-refractivity contribution in [2.45, 2.75) is 327 Å². The SMILES string of the molecule is CC(C)(C)C1CCCC1.CC1C2CCCC2C(C)C1C(C)(C)C.CC1C2CCCCC2C(C)C1C(C)(C)C.CC1CC2CCCC2C(C)C1C(C)(C)C.CC1CC2CCCCC2C(C)C1C(C)(C)C1CCC(C(C)(C)C)CC1. The fraction of sp³-hybridized carbons (Fsp3) is 1.00. The van der Waals surface area contributed by atoms with Crippen molar-refractivity contribution in [3.63, 3.8) is 0 Å². The van der Waals surface area contributed by atoms with Crippen molar-refractivity contribution >= 4 is 0 Å². The van der Waals surface area contributed by atoms with E-state index >= 15 is 0 Å². The predicted octanol–water partition coefficient (Wildman–Crippen LogP) is 25.0. The summed E-state index contributed by atoms with van der Waals surface area (Å²) in [4.78, 5) is 0. The molecule has 0 bridgehead atoms. The molecule has 0 spiro atoms. The molecule has 0 N–H and O–H groups in total. The normalized spacial score (nSPS) is 43.2. The summed E-state index contributed by atoms with van der Waals surface area (Å²) < 4.78 is 0. The van der Waals surface area contributed by atoms with Gasteiger partial charge >= 0.3 is 0 Å². The first kappa shape index (κ1) is 67.1. The maximum atomic E-state index is 2.66. The molecule has 10 aliphatic rings. The van der Waals surface area contributed by atoms with Gasteiger partial charge in [-0.25, -0.2) is 0 Å². The van der Waals surface area contributed by atoms with Crippen LogP contribution in [-0.4, -0.2) is 0 Å². The van der Waals surface area contributed by atoms with Crippen LogP contribution in [0, 0.1) is 169 Å². The van der Waals surface area contributed by atoms with Gasteiger partial charge in [0.05, 0.1) is 0 Å². The van der Waals surface area contributed by atoms with Crippen LogP contribution in [0.5, 0.6) is 0 Å². The highest BCUT2D eigenvalue weighted by Gasteiger charge is 2.54. The minimum Gasteiger partial charge on any atom is -0.0622 e. The summed E-state index contributed by atoms with van der Waals surface area (Å²) in [6.45, 7) is 62.1. The molecule has 0 aromatic rings. The number of rotatable bonds is 2. The monoisotopic (exact) mass is 1080 g/mol. The van der Waals surface area contributed by atoms with E-state index in [1.165, 1.54) is 154 Å². The molecule has 0 heteroatoms. The Morgan fingerprint density at radius 3 is 0.846 bits per heavy atom. The molecule has 0 amide bonds. The Morgan fingerprint density at radius 1 is 0.218 bits per heavy atom. The zero-order chi connectivity index (χ0) is 58.2. The molecule has 0 saturated heterocycles. The summed E-state index contributed by atoms with van der Waals surface area (Å²) in [5, 5.41) is 0. The van der Waals surface area contributed by atoms with E-state index in [1.54, 1.807) is 0 Å². The summed E-state index contributed by atoms with van der Waals surface area (Å²) in [7, 11) is 0. The zero-order valence-electron chi connectivity index (χ0n) is 58.2. The lowest BCUT2D eigenvalue weighted by molar-refractivity contribution is -0.0698. The Labute approximate surface area is 493 Å². The molecule has 18 atom stereocenters. The average molecular weight is 1080 g/mol. The molecule has 10 rings (SSSR count). The molecule has 10 aliphatic carbocycles. The Kier molecular flexibility index (Phi) is 23.0. The second kappa shape index (κ2) is 26.7. The third-order valence-corrected chi connectivity index (χ3v) is 27.7. The van der Waals surface area contributed by atoms with Crippen molar-refractivity contribution in [3.05, 3.63) is 0 Å². The first-order valence-corrected chi connectivity index (χ1v) is 36.0. The van der Waals surface area contributed by atoms with Gasteiger partial charge in [0.2, 0.25) is 0 Å². The van der Waals surface area contributed by atoms with E-state index in [0.717, 1.165) is 136 Å². The molecule has 10 fully saturated rings. The summed E-state index contributed by atoms with van der Waals surface area (Å²) in [6.07, 6.45) is 36.0. The smallest absolute Gasteiger partial charge is 0.0292 e. The van der Waals surface area contributed by atoms with Crippen LogP contribution < -0.4 is 0 Å². The third-order valence-electron chi connectivity index (χ3n) is 27.7. The molecule has 18 unspecified atom stereocenters. The van der Waals surface area contributed by atoms with Gasteiger partial charge in [-0.05, 0) is 258 Å². The van der Waals surface area contributed by atoms with E-state index in [0.29, 0.717) is 32.5 Å². The molecule has 0 aromatic heterocycles.